The number of nitrogens with one attached hydrogen (secondary N) is 1. The van der Waals surface area contributed by atoms with Crippen molar-refractivity contribution in [1.29, 1.82) is 0 Å². The fraction of sp³-hybridized carbons (Fsp3) is 0.533. The molecule has 2 aliphatic rings. The Labute approximate surface area is 119 Å². The molecule has 0 bridgehead atoms. The molecule has 3 N–H and O–H groups in total. The van der Waals surface area contributed by atoms with Crippen LogP contribution < -0.4 is 16.0 Å². The Morgan fingerprint density at radius 3 is 2.90 bits per heavy atom. The van der Waals surface area contributed by atoms with Gasteiger partial charge in [0.25, 0.3) is 0 Å². The lowest BCUT2D eigenvalue weighted by molar-refractivity contribution is -0.116. The molecule has 1 fully saturated rings. The van der Waals surface area contributed by atoms with Crippen molar-refractivity contribution < 1.29 is 9.53 Å². The van der Waals surface area contributed by atoms with Gasteiger partial charge in [-0.1, -0.05) is 0 Å². The molecule has 5 heteroatoms. The molecule has 108 valence electrons. The summed E-state index contributed by atoms with van der Waals surface area (Å²) in [5.41, 5.74) is 9.80. The van der Waals surface area contributed by atoms with Crippen LogP contribution in [0.3, 0.4) is 0 Å². The van der Waals surface area contributed by atoms with Crippen molar-refractivity contribution in [2.75, 3.05) is 35.6 Å². The average molecular weight is 275 g/mol. The third-order valence-corrected chi connectivity index (χ3v) is 3.91. The number of carbonyl (C=O) groups excluding carboxylic acids is 1. The summed E-state index contributed by atoms with van der Waals surface area (Å²) < 4.78 is 5.74. The van der Waals surface area contributed by atoms with Gasteiger partial charge in [-0.2, -0.15) is 0 Å². The number of aryl methyl sites for hydroxylation is 1. The maximum absolute atomic E-state index is 11.4. The zero-order valence-corrected chi connectivity index (χ0v) is 12.0. The number of morpholine rings is 1. The second kappa shape index (κ2) is 4.66. The lowest BCUT2D eigenvalue weighted by Gasteiger charge is -2.40. The fourth-order valence-corrected chi connectivity index (χ4v) is 2.93. The highest BCUT2D eigenvalue weighted by molar-refractivity contribution is 5.95. The van der Waals surface area contributed by atoms with Gasteiger partial charge in [0, 0.05) is 25.2 Å². The Morgan fingerprint density at radius 2 is 2.15 bits per heavy atom. The van der Waals surface area contributed by atoms with Crippen LogP contribution >= 0.6 is 0 Å². The predicted octanol–water partition coefficient (Wildman–Crippen LogP) is 1.77. The zero-order chi connectivity index (χ0) is 14.3. The van der Waals surface area contributed by atoms with E-state index >= 15 is 0 Å². The van der Waals surface area contributed by atoms with E-state index in [0.29, 0.717) is 18.7 Å². The summed E-state index contributed by atoms with van der Waals surface area (Å²) in [6, 6.07) is 4.00. The third-order valence-electron chi connectivity index (χ3n) is 3.91. The number of anilines is 3. The molecule has 1 saturated heterocycles. The summed E-state index contributed by atoms with van der Waals surface area (Å²) in [4.78, 5) is 13.7. The molecule has 1 aromatic rings. The van der Waals surface area contributed by atoms with Crippen molar-refractivity contribution in [2.24, 2.45) is 0 Å². The largest absolute Gasteiger partial charge is 0.397 e. The highest BCUT2D eigenvalue weighted by Gasteiger charge is 2.29. The van der Waals surface area contributed by atoms with Crippen molar-refractivity contribution in [3.63, 3.8) is 0 Å². The summed E-state index contributed by atoms with van der Waals surface area (Å²) in [6.07, 6.45) is 1.33. The van der Waals surface area contributed by atoms with Crippen LogP contribution in [0.5, 0.6) is 0 Å². The van der Waals surface area contributed by atoms with Crippen LogP contribution in [0.15, 0.2) is 12.1 Å². The van der Waals surface area contributed by atoms with E-state index in [1.807, 2.05) is 6.07 Å². The number of nitrogens with zero attached hydrogens (tertiary/aromatic N) is 1. The van der Waals surface area contributed by atoms with Gasteiger partial charge in [0.05, 0.1) is 23.6 Å². The maximum Gasteiger partial charge on any atom is 0.224 e. The number of hydrogen-bond donors (Lipinski definition) is 2. The van der Waals surface area contributed by atoms with Crippen LogP contribution in [0.2, 0.25) is 0 Å². The molecule has 1 aromatic carbocycles. The number of rotatable bonds is 1. The molecule has 0 unspecified atom stereocenters. The minimum atomic E-state index is -0.158. The Hall–Kier alpha value is -1.75. The summed E-state index contributed by atoms with van der Waals surface area (Å²) in [5, 5.41) is 2.88. The number of nitrogens with two attached hydrogens (primary N) is 1. The standard InChI is InChI=1S/C15H21N3O2/c1-15(2)9-18(5-6-20-15)13-7-10-3-4-14(19)17-12(10)8-11(13)16/h7-8H,3-6,9,16H2,1-2H3,(H,17,19). The first kappa shape index (κ1) is 13.2. The number of amides is 1. The lowest BCUT2D eigenvalue weighted by atomic mass is 9.99. The van der Waals surface area contributed by atoms with E-state index in [4.69, 9.17) is 10.5 Å². The van der Waals surface area contributed by atoms with Gasteiger partial charge in [0.1, 0.15) is 0 Å². The van der Waals surface area contributed by atoms with E-state index in [0.717, 1.165) is 36.4 Å². The van der Waals surface area contributed by atoms with Gasteiger partial charge >= 0.3 is 0 Å². The topological polar surface area (TPSA) is 67.6 Å². The number of nitrogen functional groups attached to an aromatic ring is 1. The highest BCUT2D eigenvalue weighted by atomic mass is 16.5. The van der Waals surface area contributed by atoms with E-state index in [-0.39, 0.29) is 11.5 Å². The first-order valence-electron chi connectivity index (χ1n) is 7.06. The van der Waals surface area contributed by atoms with Crippen LogP contribution in [0.4, 0.5) is 17.1 Å². The first-order chi connectivity index (χ1) is 9.44. The summed E-state index contributed by atoms with van der Waals surface area (Å²) in [6.45, 7) is 6.56. The third kappa shape index (κ3) is 2.45. The second-order valence-corrected chi connectivity index (χ2v) is 6.15. The number of fused-ring (bicyclic) bond motifs is 1. The number of benzene rings is 1. The Balaban J connectivity index is 1.92. The molecule has 0 saturated carbocycles. The van der Waals surface area contributed by atoms with Gasteiger partial charge in [0.15, 0.2) is 0 Å². The number of hydrogen-bond acceptors (Lipinski definition) is 4. The molecule has 2 aliphatic heterocycles. The summed E-state index contributed by atoms with van der Waals surface area (Å²) in [5.74, 6) is 0.0668. The number of ether oxygens (including phenoxy) is 1. The maximum atomic E-state index is 11.4. The van der Waals surface area contributed by atoms with E-state index in [1.54, 1.807) is 0 Å². The van der Waals surface area contributed by atoms with Crippen molar-refractivity contribution >= 4 is 23.0 Å². The molecular weight excluding hydrogens is 254 g/mol. The quantitative estimate of drug-likeness (QED) is 0.767. The molecule has 0 aromatic heterocycles. The van der Waals surface area contributed by atoms with Gasteiger partial charge in [-0.3, -0.25) is 4.79 Å². The van der Waals surface area contributed by atoms with Gasteiger partial charge in [-0.15, -0.1) is 0 Å². The van der Waals surface area contributed by atoms with Crippen LogP contribution in [0, 0.1) is 0 Å². The molecule has 5 nitrogen and oxygen atoms in total. The summed E-state index contributed by atoms with van der Waals surface area (Å²) in [7, 11) is 0. The molecule has 0 atom stereocenters. The molecule has 0 spiro atoms. The van der Waals surface area contributed by atoms with E-state index in [2.05, 4.69) is 30.1 Å². The first-order valence-corrected chi connectivity index (χ1v) is 7.06. The molecule has 3 rings (SSSR count). The predicted molar refractivity (Wildman–Crippen MR) is 80.0 cm³/mol. The van der Waals surface area contributed by atoms with Gasteiger partial charge < -0.3 is 20.7 Å². The van der Waals surface area contributed by atoms with Crippen LogP contribution in [0.25, 0.3) is 0 Å². The van der Waals surface area contributed by atoms with E-state index in [9.17, 15) is 4.79 Å². The van der Waals surface area contributed by atoms with Crippen LogP contribution in [-0.4, -0.2) is 31.2 Å². The molecular formula is C15H21N3O2. The minimum absolute atomic E-state index is 0.0668. The minimum Gasteiger partial charge on any atom is -0.397 e. The SMILES string of the molecule is CC1(C)CN(c2cc3c(cc2N)NC(=O)CC3)CCO1. The van der Waals surface area contributed by atoms with Crippen molar-refractivity contribution in [1.82, 2.24) is 0 Å². The summed E-state index contributed by atoms with van der Waals surface area (Å²) >= 11 is 0. The molecule has 0 radical (unpaired) electrons. The lowest BCUT2D eigenvalue weighted by Crippen LogP contribution is -2.48. The second-order valence-electron chi connectivity index (χ2n) is 6.15. The smallest absolute Gasteiger partial charge is 0.224 e. The van der Waals surface area contributed by atoms with E-state index < -0.39 is 0 Å². The molecule has 0 aliphatic carbocycles. The number of carbonyl (C=O) groups is 1. The van der Waals surface area contributed by atoms with Gasteiger partial charge in [-0.25, -0.2) is 0 Å². The van der Waals surface area contributed by atoms with Gasteiger partial charge in [0.2, 0.25) is 5.91 Å². The Kier molecular flexibility index (Phi) is 3.09. The Bertz CT molecular complexity index is 554. The van der Waals surface area contributed by atoms with Crippen molar-refractivity contribution in [3.8, 4) is 0 Å². The molecule has 2 heterocycles. The monoisotopic (exact) mass is 275 g/mol. The highest BCUT2D eigenvalue weighted by Crippen LogP contribution is 2.34. The molecule has 20 heavy (non-hydrogen) atoms. The zero-order valence-electron chi connectivity index (χ0n) is 12.0. The normalized spacial score (nSPS) is 21.3. The Morgan fingerprint density at radius 1 is 1.35 bits per heavy atom. The van der Waals surface area contributed by atoms with Crippen LogP contribution in [0.1, 0.15) is 25.8 Å². The van der Waals surface area contributed by atoms with Crippen molar-refractivity contribution in [2.45, 2.75) is 32.3 Å². The molecule has 1 amide bonds. The van der Waals surface area contributed by atoms with Crippen molar-refractivity contribution in [3.05, 3.63) is 17.7 Å². The van der Waals surface area contributed by atoms with Gasteiger partial charge in [-0.05, 0) is 38.0 Å². The fourth-order valence-electron chi connectivity index (χ4n) is 2.93. The van der Waals surface area contributed by atoms with Crippen LogP contribution in [-0.2, 0) is 16.0 Å². The average Bonchev–Trinajstić information content (AvgIpc) is 2.36. The van der Waals surface area contributed by atoms with E-state index in [1.165, 1.54) is 0 Å².